The number of carboxylic acids is 1. The largest absolute Gasteiger partial charge is 0.478 e. The van der Waals surface area contributed by atoms with Crippen LogP contribution in [0.15, 0.2) is 22.7 Å². The molecule has 4 nitrogen and oxygen atoms in total. The number of aromatic carboxylic acids is 1. The Labute approximate surface area is 109 Å². The number of rotatable bonds is 5. The van der Waals surface area contributed by atoms with Gasteiger partial charge in [-0.3, -0.25) is 0 Å². The van der Waals surface area contributed by atoms with Crippen LogP contribution in [-0.4, -0.2) is 29.3 Å². The summed E-state index contributed by atoms with van der Waals surface area (Å²) in [5, 5.41) is 21.1. The van der Waals surface area contributed by atoms with Crippen LogP contribution in [0.5, 0.6) is 0 Å². The summed E-state index contributed by atoms with van der Waals surface area (Å²) in [6.45, 7) is 4.60. The number of benzene rings is 1. The molecule has 0 fully saturated rings. The molecule has 0 unspecified atom stereocenters. The molecule has 0 saturated carbocycles. The first-order chi connectivity index (χ1) is 7.85. The van der Waals surface area contributed by atoms with E-state index in [0.717, 1.165) is 5.69 Å². The van der Waals surface area contributed by atoms with E-state index in [4.69, 9.17) is 10.2 Å². The maximum Gasteiger partial charge on any atom is 0.336 e. The van der Waals surface area contributed by atoms with E-state index in [2.05, 4.69) is 21.2 Å². The topological polar surface area (TPSA) is 69.6 Å². The number of halogens is 1. The molecule has 0 spiro atoms. The first-order valence-corrected chi connectivity index (χ1v) is 6.02. The van der Waals surface area contributed by atoms with Crippen molar-refractivity contribution in [2.24, 2.45) is 5.41 Å². The molecule has 0 amide bonds. The first kappa shape index (κ1) is 14.0. The smallest absolute Gasteiger partial charge is 0.336 e. The second-order valence-corrected chi connectivity index (χ2v) is 5.53. The van der Waals surface area contributed by atoms with Crippen LogP contribution < -0.4 is 5.32 Å². The molecule has 0 aliphatic heterocycles. The molecule has 0 heterocycles. The fourth-order valence-corrected chi connectivity index (χ4v) is 1.74. The minimum atomic E-state index is -0.959. The second kappa shape index (κ2) is 5.51. The number of aliphatic hydroxyl groups excluding tert-OH is 1. The summed E-state index contributed by atoms with van der Waals surface area (Å²) in [4.78, 5) is 10.8. The highest BCUT2D eigenvalue weighted by Gasteiger charge is 2.16. The Bertz CT molecular complexity index is 418. The zero-order chi connectivity index (χ0) is 13.1. The molecular formula is C12H16BrNO3. The van der Waals surface area contributed by atoms with Crippen molar-refractivity contribution < 1.29 is 15.0 Å². The third-order valence-electron chi connectivity index (χ3n) is 2.40. The minimum absolute atomic E-state index is 0.0916. The van der Waals surface area contributed by atoms with Gasteiger partial charge >= 0.3 is 5.97 Å². The van der Waals surface area contributed by atoms with Crippen molar-refractivity contribution in [2.75, 3.05) is 18.5 Å². The van der Waals surface area contributed by atoms with Crippen LogP contribution in [0.3, 0.4) is 0 Å². The highest BCUT2D eigenvalue weighted by Crippen LogP contribution is 2.23. The average Bonchev–Trinajstić information content (AvgIpc) is 2.26. The summed E-state index contributed by atoms with van der Waals surface area (Å²) in [7, 11) is 0. The van der Waals surface area contributed by atoms with E-state index in [9.17, 15) is 4.79 Å². The third-order valence-corrected chi connectivity index (χ3v) is 3.05. The van der Waals surface area contributed by atoms with E-state index in [1.54, 1.807) is 18.2 Å². The fourth-order valence-electron chi connectivity index (χ4n) is 1.20. The first-order valence-electron chi connectivity index (χ1n) is 5.23. The van der Waals surface area contributed by atoms with E-state index < -0.39 is 5.97 Å². The van der Waals surface area contributed by atoms with Gasteiger partial charge in [-0.15, -0.1) is 0 Å². The maximum atomic E-state index is 10.8. The predicted octanol–water partition coefficient (Wildman–Crippen LogP) is 2.58. The predicted molar refractivity (Wildman–Crippen MR) is 70.5 cm³/mol. The number of nitrogens with one attached hydrogen (secondary N) is 1. The van der Waals surface area contributed by atoms with Crippen LogP contribution in [0.4, 0.5) is 5.69 Å². The Kier molecular flexibility index (Phi) is 4.54. The molecule has 0 aromatic heterocycles. The van der Waals surface area contributed by atoms with Crippen LogP contribution in [0, 0.1) is 5.41 Å². The van der Waals surface area contributed by atoms with Gasteiger partial charge in [0.2, 0.25) is 0 Å². The molecule has 0 atom stereocenters. The molecule has 0 bridgehead atoms. The van der Waals surface area contributed by atoms with Gasteiger partial charge in [0.15, 0.2) is 0 Å². The monoisotopic (exact) mass is 301 g/mol. The summed E-state index contributed by atoms with van der Waals surface area (Å²) in [6.07, 6.45) is 0. The van der Waals surface area contributed by atoms with Crippen LogP contribution in [0.25, 0.3) is 0 Å². The standard InChI is InChI=1S/C12H16BrNO3/c1-12(2,7-15)6-14-8-3-4-9(11(16)17)10(13)5-8/h3-5,14-15H,6-7H2,1-2H3,(H,16,17). The molecule has 17 heavy (non-hydrogen) atoms. The van der Waals surface area contributed by atoms with E-state index in [0.29, 0.717) is 11.0 Å². The lowest BCUT2D eigenvalue weighted by atomic mass is 9.95. The van der Waals surface area contributed by atoms with Crippen LogP contribution in [0.2, 0.25) is 0 Å². The summed E-state index contributed by atoms with van der Waals surface area (Å²) in [5.74, 6) is -0.959. The number of carboxylic acid groups (broad SMARTS) is 1. The van der Waals surface area contributed by atoms with Gasteiger partial charge in [0, 0.05) is 28.7 Å². The summed E-state index contributed by atoms with van der Waals surface area (Å²) in [5.41, 5.74) is 0.846. The summed E-state index contributed by atoms with van der Waals surface area (Å²) < 4.78 is 0.539. The van der Waals surface area contributed by atoms with Crippen molar-refractivity contribution in [3.8, 4) is 0 Å². The lowest BCUT2D eigenvalue weighted by Crippen LogP contribution is -2.26. The van der Waals surface area contributed by atoms with Gasteiger partial charge in [-0.1, -0.05) is 13.8 Å². The van der Waals surface area contributed by atoms with Crippen LogP contribution in [-0.2, 0) is 0 Å². The van der Waals surface area contributed by atoms with Crippen LogP contribution in [0.1, 0.15) is 24.2 Å². The highest BCUT2D eigenvalue weighted by molar-refractivity contribution is 9.10. The van der Waals surface area contributed by atoms with E-state index >= 15 is 0 Å². The molecule has 1 rings (SSSR count). The third kappa shape index (κ3) is 4.02. The molecule has 3 N–H and O–H groups in total. The highest BCUT2D eigenvalue weighted by atomic mass is 79.9. The molecule has 0 aliphatic rings. The molecule has 1 aromatic rings. The van der Waals surface area contributed by atoms with E-state index in [-0.39, 0.29) is 17.6 Å². The average molecular weight is 302 g/mol. The Morgan fingerprint density at radius 2 is 2.12 bits per heavy atom. The molecule has 0 saturated heterocycles. The number of aliphatic hydroxyl groups is 1. The number of hydrogen-bond donors (Lipinski definition) is 3. The number of hydrogen-bond acceptors (Lipinski definition) is 3. The second-order valence-electron chi connectivity index (χ2n) is 4.68. The van der Waals surface area contributed by atoms with Crippen LogP contribution >= 0.6 is 15.9 Å². The SMILES string of the molecule is CC(C)(CO)CNc1ccc(C(=O)O)c(Br)c1. The normalized spacial score (nSPS) is 11.3. The van der Waals surface area contributed by atoms with Gasteiger partial charge in [0.05, 0.1) is 5.56 Å². The lowest BCUT2D eigenvalue weighted by molar-refractivity contribution is 0.0696. The van der Waals surface area contributed by atoms with Crippen molar-refractivity contribution in [3.05, 3.63) is 28.2 Å². The van der Waals surface area contributed by atoms with E-state index in [1.807, 2.05) is 13.8 Å². The Morgan fingerprint density at radius 3 is 2.59 bits per heavy atom. The number of anilines is 1. The van der Waals surface area contributed by atoms with Crippen molar-refractivity contribution in [1.82, 2.24) is 0 Å². The van der Waals surface area contributed by atoms with Crippen molar-refractivity contribution in [1.29, 1.82) is 0 Å². The Hall–Kier alpha value is -1.07. The Morgan fingerprint density at radius 1 is 1.47 bits per heavy atom. The van der Waals surface area contributed by atoms with E-state index in [1.165, 1.54) is 0 Å². The van der Waals surface area contributed by atoms with Gasteiger partial charge in [-0.05, 0) is 34.1 Å². The number of carbonyl (C=O) groups is 1. The lowest BCUT2D eigenvalue weighted by Gasteiger charge is -2.22. The Balaban J connectivity index is 2.75. The molecule has 0 radical (unpaired) electrons. The van der Waals surface area contributed by atoms with Gasteiger partial charge in [0.25, 0.3) is 0 Å². The quantitative estimate of drug-likeness (QED) is 0.782. The maximum absolute atomic E-state index is 10.8. The zero-order valence-electron chi connectivity index (χ0n) is 9.83. The molecule has 1 aromatic carbocycles. The van der Waals surface area contributed by atoms with Crippen molar-refractivity contribution in [2.45, 2.75) is 13.8 Å². The molecule has 0 aliphatic carbocycles. The van der Waals surface area contributed by atoms with Gasteiger partial charge in [-0.2, -0.15) is 0 Å². The van der Waals surface area contributed by atoms with Crippen molar-refractivity contribution >= 4 is 27.6 Å². The minimum Gasteiger partial charge on any atom is -0.478 e. The summed E-state index contributed by atoms with van der Waals surface area (Å²) >= 11 is 3.22. The molecule has 94 valence electrons. The van der Waals surface area contributed by atoms with Gasteiger partial charge in [0.1, 0.15) is 0 Å². The molecule has 5 heteroatoms. The molecular weight excluding hydrogens is 286 g/mol. The summed E-state index contributed by atoms with van der Waals surface area (Å²) in [6, 6.07) is 4.97. The van der Waals surface area contributed by atoms with Gasteiger partial charge in [-0.25, -0.2) is 4.79 Å². The fraction of sp³-hybridized carbons (Fsp3) is 0.417. The van der Waals surface area contributed by atoms with Crippen molar-refractivity contribution in [3.63, 3.8) is 0 Å². The zero-order valence-corrected chi connectivity index (χ0v) is 11.4. The van der Waals surface area contributed by atoms with Gasteiger partial charge < -0.3 is 15.5 Å².